The van der Waals surface area contributed by atoms with E-state index in [1.807, 2.05) is 250 Å². The topological polar surface area (TPSA) is 131 Å². The minimum Gasteiger partial charge on any atom is -0.308 e. The first-order valence-corrected chi connectivity index (χ1v) is 35.9. The van der Waals surface area contributed by atoms with Crippen molar-refractivity contribution in [2.24, 2.45) is 81.8 Å². The molecule has 15 heterocycles. The molecule has 103 heavy (non-hydrogen) atoms. The van der Waals surface area contributed by atoms with E-state index in [4.69, 9.17) is 9.60 Å². The summed E-state index contributed by atoms with van der Waals surface area (Å²) in [4.78, 5) is 21.8. The molecular weight excluding hydrogens is 1280 g/mol. The van der Waals surface area contributed by atoms with Gasteiger partial charge in [0.25, 0.3) is 0 Å². The lowest BCUT2D eigenvalue weighted by Crippen LogP contribution is -2.31. The molecular formula is C83H107N20+5. The first-order valence-electron chi connectivity index (χ1n) is 39.4. The summed E-state index contributed by atoms with van der Waals surface area (Å²) in [6, 6.07) is 20.3. The summed E-state index contributed by atoms with van der Waals surface area (Å²) in [5, 5.41) is 0. The molecule has 0 aliphatic heterocycles. The molecule has 2 aliphatic rings. The Morgan fingerprint density at radius 3 is 1.03 bits per heavy atom. The Morgan fingerprint density at radius 1 is 0.417 bits per heavy atom. The zero-order valence-electron chi connectivity index (χ0n) is 70.2. The molecule has 0 aromatic carbocycles. The normalized spacial score (nSPS) is 15.7. The van der Waals surface area contributed by atoms with Gasteiger partial charge in [-0.25, -0.2) is 24.9 Å². The zero-order chi connectivity index (χ0) is 78.9. The monoisotopic (exact) mass is 1390 g/mol. The molecule has 0 amide bonds. The highest BCUT2D eigenvalue weighted by atomic mass is 15.2. The fourth-order valence-electron chi connectivity index (χ4n) is 14.3. The number of fused-ring (bicyclic) bond motifs is 5. The molecule has 2 saturated carbocycles. The molecule has 0 bridgehead atoms. The van der Waals surface area contributed by atoms with Gasteiger partial charge < -0.3 is 22.8 Å². The van der Waals surface area contributed by atoms with Crippen molar-refractivity contribution in [3.05, 3.63) is 212 Å². The zero-order valence-corrected chi connectivity index (χ0v) is 63.2. The van der Waals surface area contributed by atoms with Crippen molar-refractivity contribution in [3.8, 4) is 56.9 Å². The third-order valence-electron chi connectivity index (χ3n) is 19.9. The third kappa shape index (κ3) is 15.1. The van der Waals surface area contributed by atoms with Crippen molar-refractivity contribution >= 4 is 28.9 Å². The average Bonchev–Trinajstić information content (AvgIpc) is 1.43. The lowest BCUT2D eigenvalue weighted by molar-refractivity contribution is -0.660. The van der Waals surface area contributed by atoms with Gasteiger partial charge in [0.2, 0.25) is 57.4 Å². The summed E-state index contributed by atoms with van der Waals surface area (Å²) in [5.74, 6) is 2.99. The predicted octanol–water partition coefficient (Wildman–Crippen LogP) is 13.4. The van der Waals surface area contributed by atoms with Crippen LogP contribution in [0.4, 0.5) is 0 Å². The van der Waals surface area contributed by atoms with Crippen molar-refractivity contribution in [2.45, 2.75) is 137 Å². The number of nitrogens with zero attached hydrogens (tertiary/aromatic N) is 20. The third-order valence-corrected chi connectivity index (χ3v) is 19.9. The van der Waals surface area contributed by atoms with Crippen molar-refractivity contribution in [2.75, 3.05) is 0 Å². The van der Waals surface area contributed by atoms with E-state index in [1.54, 1.807) is 18.6 Å². The van der Waals surface area contributed by atoms with Gasteiger partial charge >= 0.3 is 0 Å². The molecule has 15 aromatic rings. The summed E-state index contributed by atoms with van der Waals surface area (Å²) in [7, 11) is 20.1. The maximum atomic E-state index is 8.89. The van der Waals surface area contributed by atoms with Crippen LogP contribution in [0.1, 0.15) is 161 Å². The Bertz CT molecular complexity index is 5690. The first kappa shape index (κ1) is 62.3. The number of imidazole rings is 10. The maximum Gasteiger partial charge on any atom is 0.230 e. The van der Waals surface area contributed by atoms with Crippen molar-refractivity contribution in [1.29, 1.82) is 0 Å². The second-order valence-corrected chi connectivity index (χ2v) is 29.2. The van der Waals surface area contributed by atoms with Crippen LogP contribution in [0.15, 0.2) is 185 Å². The van der Waals surface area contributed by atoms with Crippen LogP contribution in [-0.4, -0.2) is 69.8 Å². The largest absolute Gasteiger partial charge is 0.308 e. The number of aryl methyl sites for hydroxylation is 10. The van der Waals surface area contributed by atoms with E-state index in [0.717, 1.165) is 154 Å². The molecule has 20 heteroatoms. The first-order chi connectivity index (χ1) is 52.0. The molecule has 0 radical (unpaired) electrons. The molecule has 534 valence electrons. The van der Waals surface area contributed by atoms with Crippen LogP contribution in [0, 0.1) is 11.3 Å². The average molecular weight is 1390 g/mol. The highest BCUT2D eigenvalue weighted by Crippen LogP contribution is 2.36. The Hall–Kier alpha value is -10.5. The van der Waals surface area contributed by atoms with Crippen LogP contribution in [0.25, 0.3) is 85.8 Å². The van der Waals surface area contributed by atoms with Crippen molar-refractivity contribution in [3.63, 3.8) is 0 Å². The Balaban J connectivity index is 0.000000121. The molecule has 15 aromatic heterocycles. The van der Waals surface area contributed by atoms with Gasteiger partial charge in [0.1, 0.15) is 63.7 Å². The van der Waals surface area contributed by atoms with Crippen LogP contribution in [0.5, 0.6) is 0 Å². The molecule has 0 N–H and O–H groups in total. The minimum atomic E-state index is -1.42. The number of rotatable bonds is 11. The Kier molecular flexibility index (Phi) is 18.0. The summed E-state index contributed by atoms with van der Waals surface area (Å²) in [5.41, 5.74) is 14.8. The highest BCUT2D eigenvalue weighted by molar-refractivity contribution is 5.61. The summed E-state index contributed by atoms with van der Waals surface area (Å²) >= 11 is 0. The molecule has 20 nitrogen and oxygen atoms in total. The summed E-state index contributed by atoms with van der Waals surface area (Å²) < 4.78 is 90.2. The van der Waals surface area contributed by atoms with Gasteiger partial charge in [0.05, 0.1) is 0 Å². The standard InChI is InChI=1S/C18H23N4.C17H21N4.C17H23N4.C16H21N4.C15H19N4/c1-20-10-8-15(14-6-4-3-5-7-14)12-16(20)17-13-22-11-9-19-18(22)21(17)2;1-19-9-7-14(13-5-3-4-6-13)11-15(19)16-12-21-10-8-18-17(21)20(16)2;1-17(2,3)11-13-6-8-19(4)14(10-13)15-12-21-9-7-18-16(21)20(15)5;1-12(2)9-13-5-7-18(3)14(10-13)15-11-20-8-6-17-16(20)19(15)4;1-11(2)12-5-7-17(3)13(9-12)14-10-19-8-6-16-15(19)18(14)4/h8-14H,3-7H2,1-2H3;7-13H,3-6H2,1-2H3;6-10,12H,11H2,1-5H3;5-8,10-12H,9H2,1-4H3;5-11H,1-4H3/q5*+1/i14D;13D;11D2;9D2;11D. The molecule has 17 rings (SSSR count). The Labute approximate surface area is 616 Å². The van der Waals surface area contributed by atoms with Crippen LogP contribution in [-0.2, 0) is 83.2 Å². The molecule has 0 unspecified atom stereocenters. The summed E-state index contributed by atoms with van der Waals surface area (Å²) in [6.07, 6.45) is 46.0. The lowest BCUT2D eigenvalue weighted by atomic mass is 9.84. The maximum absolute atomic E-state index is 8.89. The molecule has 0 atom stereocenters. The van der Waals surface area contributed by atoms with E-state index in [-0.39, 0.29) is 5.92 Å². The molecule has 2 fully saturated rings. The molecule has 0 spiro atoms. The summed E-state index contributed by atoms with van der Waals surface area (Å²) in [6.45, 7) is 13.4. The minimum absolute atomic E-state index is 0.0845. The van der Waals surface area contributed by atoms with E-state index in [2.05, 4.69) is 128 Å². The lowest BCUT2D eigenvalue weighted by Gasteiger charge is -2.21. The Morgan fingerprint density at radius 2 is 0.709 bits per heavy atom. The highest BCUT2D eigenvalue weighted by Gasteiger charge is 2.27. The number of hydrogen-bond donors (Lipinski definition) is 0. The number of aromatic nitrogens is 20. The second-order valence-electron chi connectivity index (χ2n) is 29.2. The van der Waals surface area contributed by atoms with E-state index >= 15 is 0 Å². The van der Waals surface area contributed by atoms with Crippen LogP contribution >= 0.6 is 0 Å². The number of pyridine rings is 5. The van der Waals surface area contributed by atoms with Crippen LogP contribution in [0.3, 0.4) is 0 Å². The van der Waals surface area contributed by atoms with Crippen molar-refractivity contribution in [1.82, 2.24) is 69.8 Å². The quantitative estimate of drug-likeness (QED) is 0.119. The van der Waals surface area contributed by atoms with Crippen molar-refractivity contribution < 1.29 is 32.4 Å². The van der Waals surface area contributed by atoms with E-state index < -0.39 is 35.8 Å². The van der Waals surface area contributed by atoms with Gasteiger partial charge in [0.15, 0.2) is 31.0 Å². The van der Waals surface area contributed by atoms with Gasteiger partial charge in [-0.05, 0) is 95.3 Å². The van der Waals surface area contributed by atoms with E-state index in [0.29, 0.717) is 11.1 Å². The van der Waals surface area contributed by atoms with Gasteiger partial charge in [-0.2, -0.15) is 22.8 Å². The predicted molar refractivity (Wildman–Crippen MR) is 407 cm³/mol. The second kappa shape index (κ2) is 29.8. The van der Waals surface area contributed by atoms with Crippen LogP contribution < -0.4 is 22.8 Å². The number of hydrogen-bond acceptors (Lipinski definition) is 5. The van der Waals surface area contributed by atoms with E-state index in [9.17, 15) is 0 Å². The van der Waals surface area contributed by atoms with Gasteiger partial charge in [0, 0.05) is 198 Å². The molecule has 2 aliphatic carbocycles. The van der Waals surface area contributed by atoms with E-state index in [1.165, 1.54) is 6.42 Å². The SMILES string of the molecule is [2H]C(C)(C)c1cc[n+](C)c(-c2cn3ccnc3n2C)c1.[2H]C([2H])(c1cc[n+](C)c(-c2cn3ccnc3n2C)c1)C(C)(C)C.[2H]C([2H])(c1cc[n+](C)c(-c2cn3ccnc3n2C)c1)C(C)C.[2H]C1(c2cc[n+](C)c(-c3cn4ccnc4n3C)c2)CCCC1.[2H]C1(c2cc[n+](C)c(-c3cn4ccnc4n3C)c2)CCCCC1. The van der Waals surface area contributed by atoms with Gasteiger partial charge in [-0.3, -0.25) is 22.0 Å². The van der Waals surface area contributed by atoms with Gasteiger partial charge in [-0.1, -0.05) is 80.6 Å². The van der Waals surface area contributed by atoms with Crippen LogP contribution in [0.2, 0.25) is 0 Å². The fourth-order valence-corrected chi connectivity index (χ4v) is 14.3. The fraction of sp³-hybridized carbons (Fsp3) is 0.398. The van der Waals surface area contributed by atoms with Gasteiger partial charge in [-0.15, -0.1) is 0 Å². The molecule has 0 saturated heterocycles. The smallest absolute Gasteiger partial charge is 0.230 e.